The molecule has 1 heterocycles. The highest BCUT2D eigenvalue weighted by molar-refractivity contribution is 9.10. The van der Waals surface area contributed by atoms with Crippen molar-refractivity contribution in [3.05, 3.63) is 22.9 Å². The van der Waals surface area contributed by atoms with Gasteiger partial charge in [-0.15, -0.1) is 0 Å². The average Bonchev–Trinajstić information content (AvgIpc) is 2.24. The summed E-state index contributed by atoms with van der Waals surface area (Å²) in [7, 11) is -3.74. The van der Waals surface area contributed by atoms with Crippen molar-refractivity contribution in [3.63, 3.8) is 0 Å². The number of sulfonamides is 1. The maximum absolute atomic E-state index is 11.9. The molecule has 2 N–H and O–H groups in total. The standard InChI is InChI=1S/C11H16BrN3O3S/c1-11(2,3)15-10(16)7-14-19(17,18)9-4-8(12)5-13-6-9/h4-6,14H,7H2,1-3H3,(H,15,16). The van der Waals surface area contributed by atoms with Gasteiger partial charge in [-0.1, -0.05) is 0 Å². The van der Waals surface area contributed by atoms with Gasteiger partial charge in [-0.05, 0) is 42.8 Å². The minimum Gasteiger partial charge on any atom is -0.350 e. The van der Waals surface area contributed by atoms with Gasteiger partial charge in [-0.3, -0.25) is 9.78 Å². The van der Waals surface area contributed by atoms with Crippen LogP contribution < -0.4 is 10.0 Å². The summed E-state index contributed by atoms with van der Waals surface area (Å²) in [6, 6.07) is 1.41. The van der Waals surface area contributed by atoms with E-state index in [-0.39, 0.29) is 17.3 Å². The van der Waals surface area contributed by atoms with Gasteiger partial charge in [0.1, 0.15) is 4.90 Å². The van der Waals surface area contributed by atoms with Crippen molar-refractivity contribution < 1.29 is 13.2 Å². The number of hydrogen-bond acceptors (Lipinski definition) is 4. The summed E-state index contributed by atoms with van der Waals surface area (Å²) in [5.74, 6) is -0.390. The van der Waals surface area contributed by atoms with Crippen molar-refractivity contribution in [2.24, 2.45) is 0 Å². The van der Waals surface area contributed by atoms with Crippen LogP contribution in [0, 0.1) is 0 Å². The van der Waals surface area contributed by atoms with Crippen molar-refractivity contribution in [2.45, 2.75) is 31.2 Å². The Morgan fingerprint density at radius 3 is 2.53 bits per heavy atom. The first kappa shape index (κ1) is 16.1. The Morgan fingerprint density at radius 1 is 1.37 bits per heavy atom. The number of nitrogens with one attached hydrogen (secondary N) is 2. The minimum absolute atomic E-state index is 0.00503. The molecule has 0 aliphatic carbocycles. The lowest BCUT2D eigenvalue weighted by atomic mass is 10.1. The first-order valence-electron chi connectivity index (χ1n) is 5.51. The molecule has 1 rings (SSSR count). The van der Waals surface area contributed by atoms with Crippen molar-refractivity contribution >= 4 is 31.9 Å². The summed E-state index contributed by atoms with van der Waals surface area (Å²) in [5.41, 5.74) is -0.403. The summed E-state index contributed by atoms with van der Waals surface area (Å²) >= 11 is 3.14. The fourth-order valence-corrected chi connectivity index (χ4v) is 2.73. The number of carbonyl (C=O) groups excluding carboxylic acids is 1. The highest BCUT2D eigenvalue weighted by Gasteiger charge is 2.18. The number of hydrogen-bond donors (Lipinski definition) is 2. The van der Waals surface area contributed by atoms with Crippen LogP contribution in [-0.4, -0.2) is 31.4 Å². The van der Waals surface area contributed by atoms with E-state index in [0.29, 0.717) is 4.47 Å². The molecule has 106 valence electrons. The molecule has 0 saturated heterocycles. The first-order valence-corrected chi connectivity index (χ1v) is 7.79. The van der Waals surface area contributed by atoms with E-state index < -0.39 is 15.6 Å². The Bertz CT molecular complexity index is 567. The Balaban J connectivity index is 2.69. The zero-order valence-corrected chi connectivity index (χ0v) is 13.3. The molecule has 0 bridgehead atoms. The van der Waals surface area contributed by atoms with Crippen LogP contribution in [-0.2, 0) is 14.8 Å². The third kappa shape index (κ3) is 5.66. The molecule has 0 aliphatic heterocycles. The largest absolute Gasteiger partial charge is 0.350 e. The maximum atomic E-state index is 11.9. The molecule has 0 spiro atoms. The Kier molecular flexibility index (Phi) is 5.05. The van der Waals surface area contributed by atoms with E-state index in [2.05, 4.69) is 31.0 Å². The zero-order valence-electron chi connectivity index (χ0n) is 10.9. The summed E-state index contributed by atoms with van der Waals surface area (Å²) in [6.45, 7) is 5.14. The second-order valence-corrected chi connectivity index (χ2v) is 7.64. The van der Waals surface area contributed by atoms with Crippen molar-refractivity contribution in [2.75, 3.05) is 6.54 Å². The van der Waals surface area contributed by atoms with Crippen LogP contribution in [0.4, 0.5) is 0 Å². The summed E-state index contributed by atoms with van der Waals surface area (Å²) < 4.78 is 26.6. The lowest BCUT2D eigenvalue weighted by molar-refractivity contribution is -0.121. The van der Waals surface area contributed by atoms with Crippen LogP contribution >= 0.6 is 15.9 Å². The molecule has 1 amide bonds. The molecular weight excluding hydrogens is 334 g/mol. The molecule has 6 nitrogen and oxygen atoms in total. The van der Waals surface area contributed by atoms with E-state index >= 15 is 0 Å². The zero-order chi connectivity index (χ0) is 14.7. The molecule has 0 saturated carbocycles. The lowest BCUT2D eigenvalue weighted by Crippen LogP contribution is -2.45. The normalized spacial score (nSPS) is 12.2. The smallest absolute Gasteiger partial charge is 0.242 e. The van der Waals surface area contributed by atoms with E-state index in [4.69, 9.17) is 0 Å². The SMILES string of the molecule is CC(C)(C)NC(=O)CNS(=O)(=O)c1cncc(Br)c1. The van der Waals surface area contributed by atoms with E-state index in [1.165, 1.54) is 18.5 Å². The highest BCUT2D eigenvalue weighted by atomic mass is 79.9. The molecule has 1 aromatic heterocycles. The number of pyridine rings is 1. The van der Waals surface area contributed by atoms with Crippen LogP contribution in [0.5, 0.6) is 0 Å². The molecular formula is C11H16BrN3O3S. The molecule has 0 fully saturated rings. The van der Waals surface area contributed by atoms with Crippen molar-refractivity contribution in [1.29, 1.82) is 0 Å². The second kappa shape index (κ2) is 5.98. The molecule has 0 atom stereocenters. The van der Waals surface area contributed by atoms with Crippen LogP contribution in [0.15, 0.2) is 27.8 Å². The summed E-state index contributed by atoms with van der Waals surface area (Å²) in [4.78, 5) is 15.3. The third-order valence-electron chi connectivity index (χ3n) is 1.93. The fourth-order valence-electron chi connectivity index (χ4n) is 1.25. The summed E-state index contributed by atoms with van der Waals surface area (Å²) in [5, 5.41) is 2.66. The van der Waals surface area contributed by atoms with E-state index in [0.717, 1.165) is 0 Å². The monoisotopic (exact) mass is 349 g/mol. The average molecular weight is 350 g/mol. The van der Waals surface area contributed by atoms with Crippen LogP contribution in [0.2, 0.25) is 0 Å². The van der Waals surface area contributed by atoms with Crippen molar-refractivity contribution in [1.82, 2.24) is 15.0 Å². The lowest BCUT2D eigenvalue weighted by Gasteiger charge is -2.20. The van der Waals surface area contributed by atoms with Gasteiger partial charge in [0.25, 0.3) is 0 Å². The molecule has 0 unspecified atom stereocenters. The number of aromatic nitrogens is 1. The van der Waals surface area contributed by atoms with Crippen molar-refractivity contribution in [3.8, 4) is 0 Å². The van der Waals surface area contributed by atoms with Crippen LogP contribution in [0.3, 0.4) is 0 Å². The van der Waals surface area contributed by atoms with Gasteiger partial charge >= 0.3 is 0 Å². The van der Waals surface area contributed by atoms with Gasteiger partial charge in [0.05, 0.1) is 6.54 Å². The molecule has 8 heteroatoms. The Hall–Kier alpha value is -0.990. The minimum atomic E-state index is -3.74. The fraction of sp³-hybridized carbons (Fsp3) is 0.455. The van der Waals surface area contributed by atoms with E-state index in [1.807, 2.05) is 20.8 Å². The first-order chi connectivity index (χ1) is 8.60. The van der Waals surface area contributed by atoms with Gasteiger partial charge in [-0.25, -0.2) is 13.1 Å². The van der Waals surface area contributed by atoms with Crippen LogP contribution in [0.25, 0.3) is 0 Å². The second-order valence-electron chi connectivity index (χ2n) is 4.96. The highest BCUT2D eigenvalue weighted by Crippen LogP contribution is 2.13. The predicted octanol–water partition coefficient (Wildman–Crippen LogP) is 1.04. The topological polar surface area (TPSA) is 88.2 Å². The van der Waals surface area contributed by atoms with Gasteiger partial charge in [0.15, 0.2) is 0 Å². The number of carbonyl (C=O) groups is 1. The molecule has 0 aliphatic rings. The van der Waals surface area contributed by atoms with Gasteiger partial charge in [-0.2, -0.15) is 0 Å². The number of nitrogens with zero attached hydrogens (tertiary/aromatic N) is 1. The van der Waals surface area contributed by atoms with Gasteiger partial charge in [0.2, 0.25) is 15.9 Å². The van der Waals surface area contributed by atoms with E-state index in [1.54, 1.807) is 0 Å². The van der Waals surface area contributed by atoms with Gasteiger partial charge in [0, 0.05) is 22.4 Å². The Morgan fingerprint density at radius 2 is 2.00 bits per heavy atom. The van der Waals surface area contributed by atoms with Gasteiger partial charge < -0.3 is 5.32 Å². The number of amides is 1. The number of rotatable bonds is 4. The summed E-state index contributed by atoms with van der Waals surface area (Å²) in [6.07, 6.45) is 2.69. The quantitative estimate of drug-likeness (QED) is 0.849. The molecule has 0 radical (unpaired) electrons. The predicted molar refractivity (Wildman–Crippen MR) is 75.0 cm³/mol. The molecule has 0 aromatic carbocycles. The Labute approximate surface area is 121 Å². The maximum Gasteiger partial charge on any atom is 0.242 e. The molecule has 19 heavy (non-hydrogen) atoms. The number of halogens is 1. The van der Waals surface area contributed by atoms with E-state index in [9.17, 15) is 13.2 Å². The molecule has 1 aromatic rings. The third-order valence-corrected chi connectivity index (χ3v) is 3.73. The van der Waals surface area contributed by atoms with Crippen LogP contribution in [0.1, 0.15) is 20.8 Å².